The zero-order chi connectivity index (χ0) is 13.1. The zero-order valence-corrected chi connectivity index (χ0v) is 12.1. The van der Waals surface area contributed by atoms with Gasteiger partial charge in [0.05, 0.1) is 5.69 Å². The lowest BCUT2D eigenvalue weighted by molar-refractivity contribution is 0.774. The quantitative estimate of drug-likeness (QED) is 0.707. The molecule has 0 amide bonds. The van der Waals surface area contributed by atoms with Crippen molar-refractivity contribution < 1.29 is 0 Å². The van der Waals surface area contributed by atoms with Crippen LogP contribution in [0.25, 0.3) is 0 Å². The minimum atomic E-state index is -0.217. The fourth-order valence-electron chi connectivity index (χ4n) is 2.51. The predicted molar refractivity (Wildman–Crippen MR) is 85.2 cm³/mol. The summed E-state index contributed by atoms with van der Waals surface area (Å²) in [5.74, 6) is 0.617. The summed E-state index contributed by atoms with van der Waals surface area (Å²) < 4.78 is 0. The second kappa shape index (κ2) is 5.67. The van der Waals surface area contributed by atoms with Crippen LogP contribution in [-0.4, -0.2) is 11.6 Å². The predicted octanol–water partition coefficient (Wildman–Crippen LogP) is 4.56. The molecule has 2 heteroatoms. The third kappa shape index (κ3) is 2.77. The van der Waals surface area contributed by atoms with Crippen molar-refractivity contribution in [1.29, 1.82) is 0 Å². The molecule has 0 aliphatic carbocycles. The van der Waals surface area contributed by atoms with Crippen LogP contribution in [0.3, 0.4) is 0 Å². The number of hydrogen-bond acceptors (Lipinski definition) is 1. The van der Waals surface area contributed by atoms with Gasteiger partial charge in [-0.3, -0.25) is 4.99 Å². The van der Waals surface area contributed by atoms with Gasteiger partial charge in [-0.25, -0.2) is 0 Å². The molecule has 0 aromatic heterocycles. The van der Waals surface area contributed by atoms with Gasteiger partial charge in [-0.2, -0.15) is 0 Å². The van der Waals surface area contributed by atoms with Crippen molar-refractivity contribution in [2.75, 3.05) is 6.16 Å². The maximum atomic E-state index is 4.94. The molecule has 2 atom stereocenters. The summed E-state index contributed by atoms with van der Waals surface area (Å²) in [6.07, 6.45) is 2.55. The molecule has 1 heterocycles. The Hall–Kier alpha value is -1.46. The van der Waals surface area contributed by atoms with E-state index in [1.807, 2.05) is 6.07 Å². The van der Waals surface area contributed by atoms with E-state index in [0.29, 0.717) is 5.92 Å². The molecule has 96 valence electrons. The highest BCUT2D eigenvalue weighted by molar-refractivity contribution is 7.82. The Bertz CT molecular complexity index is 562. The number of para-hydroxylation sites is 1. The monoisotopic (exact) mass is 267 g/mol. The maximum absolute atomic E-state index is 4.94. The van der Waals surface area contributed by atoms with Crippen molar-refractivity contribution in [3.05, 3.63) is 60.7 Å². The van der Waals surface area contributed by atoms with E-state index >= 15 is 0 Å². The second-order valence-corrected chi connectivity index (χ2v) is 7.26. The molecule has 19 heavy (non-hydrogen) atoms. The van der Waals surface area contributed by atoms with Gasteiger partial charge in [0.1, 0.15) is 0 Å². The van der Waals surface area contributed by atoms with Crippen LogP contribution in [0, 0.1) is 5.92 Å². The van der Waals surface area contributed by atoms with Crippen LogP contribution < -0.4 is 5.30 Å². The van der Waals surface area contributed by atoms with Crippen molar-refractivity contribution in [2.45, 2.75) is 13.3 Å². The van der Waals surface area contributed by atoms with Crippen LogP contribution in [0.1, 0.15) is 13.3 Å². The summed E-state index contributed by atoms with van der Waals surface area (Å²) in [4.78, 5) is 4.94. The summed E-state index contributed by atoms with van der Waals surface area (Å²) in [7, 11) is -0.217. The fourth-order valence-corrected chi connectivity index (χ4v) is 5.33. The smallest absolute Gasteiger partial charge is 0.0633 e. The number of hydrogen-bond donors (Lipinski definition) is 0. The minimum Gasteiger partial charge on any atom is -0.252 e. The first-order chi connectivity index (χ1) is 9.34. The van der Waals surface area contributed by atoms with Crippen molar-refractivity contribution in [3.8, 4) is 0 Å². The molecule has 2 aromatic rings. The average Bonchev–Trinajstić information content (AvgIpc) is 2.82. The van der Waals surface area contributed by atoms with Gasteiger partial charge >= 0.3 is 0 Å². The van der Waals surface area contributed by atoms with E-state index in [0.717, 1.165) is 5.69 Å². The van der Waals surface area contributed by atoms with Crippen LogP contribution in [0.4, 0.5) is 5.69 Å². The Morgan fingerprint density at radius 3 is 2.26 bits per heavy atom. The Balaban J connectivity index is 1.96. The van der Waals surface area contributed by atoms with Crippen molar-refractivity contribution >= 4 is 24.4 Å². The van der Waals surface area contributed by atoms with Crippen molar-refractivity contribution in [1.82, 2.24) is 0 Å². The molecule has 0 saturated carbocycles. The Labute approximate surface area is 116 Å². The van der Waals surface area contributed by atoms with E-state index in [1.165, 1.54) is 23.3 Å². The molecule has 0 spiro atoms. The van der Waals surface area contributed by atoms with Gasteiger partial charge in [0.2, 0.25) is 0 Å². The SMILES string of the molecule is CC1CCP(c2ccccc2)C1=Nc1ccccc1. The lowest BCUT2D eigenvalue weighted by Gasteiger charge is -2.14. The molecule has 2 aromatic carbocycles. The van der Waals surface area contributed by atoms with Gasteiger partial charge in [-0.1, -0.05) is 55.5 Å². The minimum absolute atomic E-state index is 0.217. The molecule has 1 fully saturated rings. The van der Waals surface area contributed by atoms with Crippen molar-refractivity contribution in [3.63, 3.8) is 0 Å². The lowest BCUT2D eigenvalue weighted by Crippen LogP contribution is -2.08. The molecule has 0 bridgehead atoms. The molecule has 1 saturated heterocycles. The molecule has 1 nitrogen and oxygen atoms in total. The normalized spacial score (nSPS) is 24.8. The summed E-state index contributed by atoms with van der Waals surface area (Å²) in [5.41, 5.74) is 2.50. The molecule has 1 aliphatic heterocycles. The van der Waals surface area contributed by atoms with E-state index in [9.17, 15) is 0 Å². The Morgan fingerprint density at radius 1 is 0.947 bits per heavy atom. The largest absolute Gasteiger partial charge is 0.252 e. The Kier molecular flexibility index (Phi) is 3.75. The van der Waals surface area contributed by atoms with E-state index in [4.69, 9.17) is 4.99 Å². The third-order valence-electron chi connectivity index (χ3n) is 3.57. The standard InChI is InChI=1S/C17H18NP/c1-14-12-13-19(16-10-6-3-7-11-16)17(14)18-15-8-4-2-5-9-15/h2-11,14H,12-13H2,1H3. The highest BCUT2D eigenvalue weighted by atomic mass is 31.1. The third-order valence-corrected chi connectivity index (χ3v) is 6.29. The van der Waals surface area contributed by atoms with Crippen LogP contribution in [0.5, 0.6) is 0 Å². The van der Waals surface area contributed by atoms with E-state index in [-0.39, 0.29) is 7.92 Å². The molecular weight excluding hydrogens is 249 g/mol. The van der Waals surface area contributed by atoms with Crippen molar-refractivity contribution in [2.24, 2.45) is 10.9 Å². The zero-order valence-electron chi connectivity index (χ0n) is 11.2. The number of rotatable bonds is 2. The highest BCUT2D eigenvalue weighted by Crippen LogP contribution is 2.48. The molecular formula is C17H18NP. The van der Waals surface area contributed by atoms with Crippen LogP contribution in [0.15, 0.2) is 65.7 Å². The molecule has 3 rings (SSSR count). The van der Waals surface area contributed by atoms with Crippen LogP contribution >= 0.6 is 7.92 Å². The molecule has 1 aliphatic rings. The number of nitrogens with zero attached hydrogens (tertiary/aromatic N) is 1. The summed E-state index contributed by atoms with van der Waals surface area (Å²) >= 11 is 0. The van der Waals surface area contributed by atoms with Crippen LogP contribution in [0.2, 0.25) is 0 Å². The highest BCUT2D eigenvalue weighted by Gasteiger charge is 2.29. The second-order valence-electron chi connectivity index (χ2n) is 4.98. The first-order valence-electron chi connectivity index (χ1n) is 6.81. The van der Waals surface area contributed by atoms with Crippen LogP contribution in [-0.2, 0) is 0 Å². The van der Waals surface area contributed by atoms with Gasteiger partial charge in [0, 0.05) is 5.45 Å². The van der Waals surface area contributed by atoms with Gasteiger partial charge in [-0.05, 0) is 43.9 Å². The van der Waals surface area contributed by atoms with Gasteiger partial charge in [0.25, 0.3) is 0 Å². The molecule has 0 N–H and O–H groups in total. The van der Waals surface area contributed by atoms with Gasteiger partial charge in [0.15, 0.2) is 0 Å². The van der Waals surface area contributed by atoms with Gasteiger partial charge < -0.3 is 0 Å². The first-order valence-corrected chi connectivity index (χ1v) is 8.33. The molecule has 0 radical (unpaired) electrons. The van der Waals surface area contributed by atoms with E-state index in [1.54, 1.807) is 0 Å². The summed E-state index contributed by atoms with van der Waals surface area (Å²) in [6, 6.07) is 21.2. The lowest BCUT2D eigenvalue weighted by atomic mass is 10.1. The van der Waals surface area contributed by atoms with E-state index in [2.05, 4.69) is 61.5 Å². The average molecular weight is 267 g/mol. The summed E-state index contributed by atoms with van der Waals surface area (Å²) in [6.45, 7) is 2.31. The maximum Gasteiger partial charge on any atom is 0.0633 e. The molecule has 2 unspecified atom stereocenters. The van der Waals surface area contributed by atoms with E-state index < -0.39 is 0 Å². The Morgan fingerprint density at radius 2 is 1.58 bits per heavy atom. The fraction of sp³-hybridized carbons (Fsp3) is 0.235. The van der Waals surface area contributed by atoms with Gasteiger partial charge in [-0.15, -0.1) is 0 Å². The number of benzene rings is 2. The topological polar surface area (TPSA) is 12.4 Å². The summed E-state index contributed by atoms with van der Waals surface area (Å²) in [5, 5.41) is 1.47. The number of aliphatic imine (C=N–C) groups is 1. The first kappa shape index (κ1) is 12.6.